The molecule has 0 aliphatic heterocycles. The van der Waals surface area contributed by atoms with Crippen LogP contribution in [0.1, 0.15) is 43.1 Å². The Morgan fingerprint density at radius 3 is 2.71 bits per heavy atom. The molecule has 0 aromatic carbocycles. The van der Waals surface area contributed by atoms with Crippen LogP contribution >= 0.6 is 0 Å². The molecule has 6 nitrogen and oxygen atoms in total. The Labute approximate surface area is 124 Å². The second kappa shape index (κ2) is 7.06. The van der Waals surface area contributed by atoms with Crippen LogP contribution in [0.25, 0.3) is 0 Å². The van der Waals surface area contributed by atoms with Gasteiger partial charge in [-0.3, -0.25) is 0 Å². The second-order valence-corrected chi connectivity index (χ2v) is 5.59. The summed E-state index contributed by atoms with van der Waals surface area (Å²) in [4.78, 5) is 26.2. The van der Waals surface area contributed by atoms with E-state index in [0.717, 1.165) is 6.42 Å². The van der Waals surface area contributed by atoms with Gasteiger partial charge in [-0.25, -0.2) is 14.6 Å². The zero-order valence-corrected chi connectivity index (χ0v) is 12.1. The molecule has 0 bridgehead atoms. The van der Waals surface area contributed by atoms with E-state index < -0.39 is 5.97 Å². The number of hydrogen-bond acceptors (Lipinski definition) is 3. The predicted octanol–water partition coefficient (Wildman–Crippen LogP) is 2.73. The average Bonchev–Trinajstić information content (AvgIpc) is 2.47. The summed E-state index contributed by atoms with van der Waals surface area (Å²) in [5.74, 6) is 0.102. The van der Waals surface area contributed by atoms with Gasteiger partial charge in [0.25, 0.3) is 0 Å². The van der Waals surface area contributed by atoms with E-state index in [9.17, 15) is 9.59 Å². The maximum absolute atomic E-state index is 11.8. The molecule has 1 saturated carbocycles. The molecule has 1 aromatic heterocycles. The molecule has 6 heteroatoms. The fraction of sp³-hybridized carbons (Fsp3) is 0.533. The van der Waals surface area contributed by atoms with Crippen molar-refractivity contribution in [2.75, 3.05) is 11.9 Å². The maximum Gasteiger partial charge on any atom is 0.354 e. The summed E-state index contributed by atoms with van der Waals surface area (Å²) in [6.07, 6.45) is 6.25. The number of anilines is 1. The van der Waals surface area contributed by atoms with Gasteiger partial charge in [0.15, 0.2) is 0 Å². The lowest BCUT2D eigenvalue weighted by molar-refractivity contribution is 0.0690. The number of carbonyl (C=O) groups is 2. The first-order valence-corrected chi connectivity index (χ1v) is 7.30. The van der Waals surface area contributed by atoms with Crippen LogP contribution in [0.15, 0.2) is 18.3 Å². The topological polar surface area (TPSA) is 91.3 Å². The van der Waals surface area contributed by atoms with Gasteiger partial charge in [0.1, 0.15) is 5.69 Å². The molecule has 1 aliphatic carbocycles. The summed E-state index contributed by atoms with van der Waals surface area (Å²) in [7, 11) is 0. The summed E-state index contributed by atoms with van der Waals surface area (Å²) < 4.78 is 0. The number of urea groups is 1. The van der Waals surface area contributed by atoms with E-state index in [1.165, 1.54) is 37.6 Å². The Morgan fingerprint density at radius 2 is 2.10 bits per heavy atom. The van der Waals surface area contributed by atoms with Gasteiger partial charge in [0.2, 0.25) is 0 Å². The van der Waals surface area contributed by atoms with Gasteiger partial charge < -0.3 is 15.7 Å². The van der Waals surface area contributed by atoms with Crippen LogP contribution < -0.4 is 10.6 Å². The number of nitrogens with one attached hydrogen (secondary N) is 2. The van der Waals surface area contributed by atoms with Crippen LogP contribution in [-0.4, -0.2) is 28.6 Å². The number of carboxylic acids is 1. The fourth-order valence-electron chi connectivity index (χ4n) is 2.69. The Hall–Kier alpha value is -2.11. The number of carbonyl (C=O) groups excluding carboxylic acids is 1. The fourth-order valence-corrected chi connectivity index (χ4v) is 2.69. The zero-order chi connectivity index (χ0) is 15.2. The summed E-state index contributed by atoms with van der Waals surface area (Å²) in [6.45, 7) is 2.91. The lowest BCUT2D eigenvalue weighted by atomic mass is 9.80. The minimum Gasteiger partial charge on any atom is -0.477 e. The standard InChI is InChI=1S/C15H21N3O3/c1-10-4-2-3-5-11(10)8-17-15(21)18-12-6-7-13(14(19)20)16-9-12/h6-7,9-11H,2-5,8H2,1H3,(H,19,20)(H2,17,18,21). The van der Waals surface area contributed by atoms with Crippen LogP contribution in [0.3, 0.4) is 0 Å². The van der Waals surface area contributed by atoms with Gasteiger partial charge >= 0.3 is 12.0 Å². The number of amides is 2. The molecule has 21 heavy (non-hydrogen) atoms. The van der Waals surface area contributed by atoms with Crippen molar-refractivity contribution >= 4 is 17.7 Å². The van der Waals surface area contributed by atoms with Gasteiger partial charge in [-0.15, -0.1) is 0 Å². The Bertz CT molecular complexity index is 501. The van der Waals surface area contributed by atoms with Gasteiger partial charge in [-0.2, -0.15) is 0 Å². The molecule has 1 aliphatic rings. The highest BCUT2D eigenvalue weighted by Crippen LogP contribution is 2.28. The van der Waals surface area contributed by atoms with Crippen molar-refractivity contribution in [2.24, 2.45) is 11.8 Å². The summed E-state index contributed by atoms with van der Waals surface area (Å²) >= 11 is 0. The number of aromatic nitrogens is 1. The molecule has 1 heterocycles. The monoisotopic (exact) mass is 291 g/mol. The van der Waals surface area contributed by atoms with E-state index >= 15 is 0 Å². The van der Waals surface area contributed by atoms with Crippen molar-refractivity contribution in [2.45, 2.75) is 32.6 Å². The van der Waals surface area contributed by atoms with Gasteiger partial charge in [0.05, 0.1) is 11.9 Å². The highest BCUT2D eigenvalue weighted by Gasteiger charge is 2.21. The van der Waals surface area contributed by atoms with Crippen molar-refractivity contribution in [1.29, 1.82) is 0 Å². The van der Waals surface area contributed by atoms with E-state index in [4.69, 9.17) is 5.11 Å². The largest absolute Gasteiger partial charge is 0.477 e. The normalized spacial score (nSPS) is 21.6. The van der Waals surface area contributed by atoms with Gasteiger partial charge in [0, 0.05) is 6.54 Å². The van der Waals surface area contributed by atoms with Crippen LogP contribution in [0, 0.1) is 11.8 Å². The quantitative estimate of drug-likeness (QED) is 0.795. The first-order chi connectivity index (χ1) is 10.1. The smallest absolute Gasteiger partial charge is 0.354 e. The molecule has 0 saturated heterocycles. The van der Waals surface area contributed by atoms with E-state index in [-0.39, 0.29) is 11.7 Å². The average molecular weight is 291 g/mol. The first-order valence-electron chi connectivity index (χ1n) is 7.30. The van der Waals surface area contributed by atoms with Crippen molar-refractivity contribution in [3.05, 3.63) is 24.0 Å². The Kier molecular flexibility index (Phi) is 5.14. The number of rotatable bonds is 4. The predicted molar refractivity (Wildman–Crippen MR) is 79.3 cm³/mol. The van der Waals surface area contributed by atoms with Crippen molar-refractivity contribution in [3.8, 4) is 0 Å². The van der Waals surface area contributed by atoms with Crippen LogP contribution in [0.2, 0.25) is 0 Å². The molecule has 2 rings (SSSR count). The van der Waals surface area contributed by atoms with Crippen molar-refractivity contribution < 1.29 is 14.7 Å². The third kappa shape index (κ3) is 4.44. The molecule has 2 unspecified atom stereocenters. The molecule has 1 aromatic rings. The SMILES string of the molecule is CC1CCCCC1CNC(=O)Nc1ccc(C(=O)O)nc1. The Balaban J connectivity index is 1.80. The van der Waals surface area contributed by atoms with Crippen LogP contribution in [0.5, 0.6) is 0 Å². The number of hydrogen-bond donors (Lipinski definition) is 3. The maximum atomic E-state index is 11.8. The summed E-state index contributed by atoms with van der Waals surface area (Å²) in [5, 5.41) is 14.3. The van der Waals surface area contributed by atoms with Crippen molar-refractivity contribution in [3.63, 3.8) is 0 Å². The van der Waals surface area contributed by atoms with Crippen molar-refractivity contribution in [1.82, 2.24) is 10.3 Å². The molecule has 0 radical (unpaired) electrons. The lowest BCUT2D eigenvalue weighted by Crippen LogP contribution is -2.36. The molecular weight excluding hydrogens is 270 g/mol. The molecule has 114 valence electrons. The number of aromatic carboxylic acids is 1. The van der Waals surface area contributed by atoms with Gasteiger partial charge in [-0.05, 0) is 30.4 Å². The number of carboxylic acid groups (broad SMARTS) is 1. The van der Waals surface area contributed by atoms with Gasteiger partial charge in [-0.1, -0.05) is 26.2 Å². The zero-order valence-electron chi connectivity index (χ0n) is 12.1. The molecule has 2 amide bonds. The third-order valence-corrected chi connectivity index (χ3v) is 4.05. The van der Waals surface area contributed by atoms with Crippen LogP contribution in [0.4, 0.5) is 10.5 Å². The minimum atomic E-state index is -1.09. The number of pyridine rings is 1. The molecule has 1 fully saturated rings. The van der Waals surface area contributed by atoms with E-state index in [1.807, 2.05) is 0 Å². The van der Waals surface area contributed by atoms with E-state index in [1.54, 1.807) is 0 Å². The number of nitrogens with zero attached hydrogens (tertiary/aromatic N) is 1. The highest BCUT2D eigenvalue weighted by atomic mass is 16.4. The minimum absolute atomic E-state index is 0.0445. The first kappa shape index (κ1) is 15.3. The summed E-state index contributed by atoms with van der Waals surface area (Å²) in [6, 6.07) is 2.61. The lowest BCUT2D eigenvalue weighted by Gasteiger charge is -2.28. The highest BCUT2D eigenvalue weighted by molar-refractivity contribution is 5.90. The van der Waals surface area contributed by atoms with E-state index in [2.05, 4.69) is 22.5 Å². The molecule has 0 spiro atoms. The molecule has 2 atom stereocenters. The van der Waals surface area contributed by atoms with E-state index in [0.29, 0.717) is 24.1 Å². The Morgan fingerprint density at radius 1 is 1.33 bits per heavy atom. The third-order valence-electron chi connectivity index (χ3n) is 4.05. The summed E-state index contributed by atoms with van der Waals surface area (Å²) in [5.41, 5.74) is 0.436. The molecule has 3 N–H and O–H groups in total. The molecular formula is C15H21N3O3. The second-order valence-electron chi connectivity index (χ2n) is 5.59. The van der Waals surface area contributed by atoms with Crippen LogP contribution in [-0.2, 0) is 0 Å².